The van der Waals surface area contributed by atoms with Gasteiger partial charge in [0.05, 0.1) is 16.3 Å². The fourth-order valence-electron chi connectivity index (χ4n) is 4.07. The Bertz CT molecular complexity index is 1560. The minimum absolute atomic E-state index is 0.751. The van der Waals surface area contributed by atoms with Crippen molar-refractivity contribution in [1.29, 1.82) is 0 Å². The predicted octanol–water partition coefficient (Wildman–Crippen LogP) is 5.40. The van der Waals surface area contributed by atoms with E-state index < -0.39 is 0 Å². The Morgan fingerprint density at radius 1 is 0.970 bits per heavy atom. The summed E-state index contributed by atoms with van der Waals surface area (Å²) < 4.78 is 0. The fourth-order valence-corrected chi connectivity index (χ4v) is 4.80. The molecule has 0 saturated heterocycles. The maximum atomic E-state index is 4.63. The third-order valence-corrected chi connectivity index (χ3v) is 6.56. The molecule has 0 radical (unpaired) electrons. The molecule has 0 aliphatic carbocycles. The van der Waals surface area contributed by atoms with Crippen LogP contribution >= 0.6 is 11.3 Å². The number of nitrogens with zero attached hydrogens (tertiary/aromatic N) is 4. The summed E-state index contributed by atoms with van der Waals surface area (Å²) in [6, 6.07) is 12.5. The highest BCUT2D eigenvalue weighted by Gasteiger charge is 2.16. The Balaban J connectivity index is 1.44. The minimum Gasteiger partial charge on any atom is -0.353 e. The van der Waals surface area contributed by atoms with Gasteiger partial charge in [0.25, 0.3) is 0 Å². The van der Waals surface area contributed by atoms with Gasteiger partial charge in [0, 0.05) is 58.7 Å². The maximum Gasteiger partial charge on any atom is 0.155 e. The first-order chi connectivity index (χ1) is 16.3. The lowest BCUT2D eigenvalue weighted by atomic mass is 10.1. The lowest BCUT2D eigenvalue weighted by molar-refractivity contribution is 0.724. The van der Waals surface area contributed by atoms with E-state index in [9.17, 15) is 0 Å². The zero-order valence-corrected chi connectivity index (χ0v) is 18.8. The summed E-state index contributed by atoms with van der Waals surface area (Å²) in [5.41, 5.74) is 7.72. The van der Waals surface area contributed by atoms with Crippen LogP contribution in [0.25, 0.3) is 55.0 Å². The van der Waals surface area contributed by atoms with E-state index in [-0.39, 0.29) is 0 Å². The Morgan fingerprint density at radius 2 is 1.91 bits per heavy atom. The van der Waals surface area contributed by atoms with Gasteiger partial charge in [0.2, 0.25) is 0 Å². The molecule has 0 spiro atoms. The molecule has 0 aliphatic rings. The Hall–Kier alpha value is -3.88. The fraction of sp³-hybridized carbons (Fsp3) is 0.120. The number of hydrogen-bond donors (Lipinski definition) is 3. The van der Waals surface area contributed by atoms with Crippen LogP contribution in [0.3, 0.4) is 0 Å². The molecular formula is C25H21N7S. The third-order valence-electron chi connectivity index (χ3n) is 5.68. The molecule has 8 heteroatoms. The lowest BCUT2D eigenvalue weighted by Gasteiger charge is -2.05. The molecule has 6 heterocycles. The van der Waals surface area contributed by atoms with Crippen LogP contribution in [0.2, 0.25) is 0 Å². The molecule has 0 fully saturated rings. The summed E-state index contributed by atoms with van der Waals surface area (Å²) in [6.07, 6.45) is 7.47. The summed E-state index contributed by atoms with van der Waals surface area (Å²) in [5, 5.41) is 15.1. The predicted molar refractivity (Wildman–Crippen MR) is 133 cm³/mol. The SMILES string of the molecule is CCNCc1cncc(-c2cnc3[nH]nc(-c4cc5c(-c6cccs6)nccc5[nH]4)c3c2)c1. The summed E-state index contributed by atoms with van der Waals surface area (Å²) in [5.74, 6) is 0. The molecule has 6 aromatic rings. The number of hydrogen-bond acceptors (Lipinski definition) is 6. The van der Waals surface area contributed by atoms with E-state index in [4.69, 9.17) is 0 Å². The number of H-pyrrole nitrogens is 2. The van der Waals surface area contributed by atoms with E-state index >= 15 is 0 Å². The number of thiophene rings is 1. The van der Waals surface area contributed by atoms with Crippen molar-refractivity contribution in [2.45, 2.75) is 13.5 Å². The zero-order valence-electron chi connectivity index (χ0n) is 18.0. The zero-order chi connectivity index (χ0) is 22.2. The smallest absolute Gasteiger partial charge is 0.155 e. The molecule has 3 N–H and O–H groups in total. The van der Waals surface area contributed by atoms with Gasteiger partial charge in [-0.25, -0.2) is 4.98 Å². The van der Waals surface area contributed by atoms with Crippen molar-refractivity contribution < 1.29 is 0 Å². The molecule has 6 aromatic heterocycles. The van der Waals surface area contributed by atoms with Crippen molar-refractivity contribution in [3.05, 3.63) is 72.1 Å². The molecule has 7 nitrogen and oxygen atoms in total. The molecule has 0 aromatic carbocycles. The molecule has 33 heavy (non-hydrogen) atoms. The summed E-state index contributed by atoms with van der Waals surface area (Å²) in [6.45, 7) is 3.81. The second kappa shape index (κ2) is 8.23. The van der Waals surface area contributed by atoms with Crippen LogP contribution in [0.5, 0.6) is 0 Å². The third kappa shape index (κ3) is 3.59. The van der Waals surface area contributed by atoms with Gasteiger partial charge in [-0.1, -0.05) is 13.0 Å². The minimum atomic E-state index is 0.751. The molecule has 0 aliphatic heterocycles. The van der Waals surface area contributed by atoms with Crippen LogP contribution < -0.4 is 5.32 Å². The first-order valence-electron chi connectivity index (χ1n) is 10.8. The number of nitrogens with one attached hydrogen (secondary N) is 3. The van der Waals surface area contributed by atoms with E-state index in [1.807, 2.05) is 36.9 Å². The average Bonchev–Trinajstić information content (AvgIpc) is 3.61. The Kier molecular flexibility index (Phi) is 4.93. The largest absolute Gasteiger partial charge is 0.353 e. The van der Waals surface area contributed by atoms with Crippen LogP contribution in [0.15, 0.2) is 66.6 Å². The molecule has 162 valence electrons. The molecule has 6 rings (SSSR count). The van der Waals surface area contributed by atoms with Gasteiger partial charge in [-0.3, -0.25) is 15.1 Å². The number of aromatic amines is 2. The van der Waals surface area contributed by atoms with Gasteiger partial charge in [0.1, 0.15) is 5.69 Å². The monoisotopic (exact) mass is 451 g/mol. The van der Waals surface area contributed by atoms with Gasteiger partial charge >= 0.3 is 0 Å². The van der Waals surface area contributed by atoms with Crippen LogP contribution in [0, 0.1) is 0 Å². The van der Waals surface area contributed by atoms with Crippen molar-refractivity contribution in [2.75, 3.05) is 6.54 Å². The average molecular weight is 452 g/mol. The van der Waals surface area contributed by atoms with E-state index in [1.165, 1.54) is 0 Å². The summed E-state index contributed by atoms with van der Waals surface area (Å²) in [7, 11) is 0. The van der Waals surface area contributed by atoms with Crippen molar-refractivity contribution in [2.24, 2.45) is 0 Å². The molecule has 0 bridgehead atoms. The standard InChI is InChI=1S/C25H21N7S/c1-2-26-11-15-8-16(13-27-12-15)17-9-19-23(31-32-25(19)29-14-17)21-10-18-20(30-21)5-6-28-24(18)22-4-3-7-33-22/h3-10,12-14,26,30H,2,11H2,1H3,(H,29,31,32). The van der Waals surface area contributed by atoms with Crippen LogP contribution in [-0.2, 0) is 6.54 Å². The molecule has 0 atom stereocenters. The van der Waals surface area contributed by atoms with Gasteiger partial charge in [-0.15, -0.1) is 11.3 Å². The van der Waals surface area contributed by atoms with Gasteiger partial charge in [0.15, 0.2) is 5.65 Å². The van der Waals surface area contributed by atoms with Crippen LogP contribution in [0.4, 0.5) is 0 Å². The van der Waals surface area contributed by atoms with E-state index in [1.54, 1.807) is 11.3 Å². The van der Waals surface area contributed by atoms with E-state index in [2.05, 4.69) is 72.0 Å². The lowest BCUT2D eigenvalue weighted by Crippen LogP contribution is -2.11. The van der Waals surface area contributed by atoms with Crippen molar-refractivity contribution in [3.8, 4) is 33.1 Å². The highest BCUT2D eigenvalue weighted by molar-refractivity contribution is 7.13. The summed E-state index contributed by atoms with van der Waals surface area (Å²) in [4.78, 5) is 18.3. The van der Waals surface area contributed by atoms with Crippen LogP contribution in [-0.4, -0.2) is 36.7 Å². The molecule has 0 saturated carbocycles. The number of fused-ring (bicyclic) bond motifs is 2. The highest BCUT2D eigenvalue weighted by Crippen LogP contribution is 2.35. The highest BCUT2D eigenvalue weighted by atomic mass is 32.1. The van der Waals surface area contributed by atoms with Crippen LogP contribution in [0.1, 0.15) is 12.5 Å². The van der Waals surface area contributed by atoms with Crippen molar-refractivity contribution in [1.82, 2.24) is 35.5 Å². The first kappa shape index (κ1) is 19.8. The number of pyridine rings is 3. The molecular weight excluding hydrogens is 430 g/mol. The summed E-state index contributed by atoms with van der Waals surface area (Å²) >= 11 is 1.69. The van der Waals surface area contributed by atoms with Gasteiger partial charge < -0.3 is 10.3 Å². The van der Waals surface area contributed by atoms with E-state index in [0.717, 1.165) is 73.7 Å². The van der Waals surface area contributed by atoms with E-state index in [0.29, 0.717) is 0 Å². The van der Waals surface area contributed by atoms with Gasteiger partial charge in [-0.2, -0.15) is 5.10 Å². The second-order valence-electron chi connectivity index (χ2n) is 7.84. The second-order valence-corrected chi connectivity index (χ2v) is 8.78. The molecule has 0 unspecified atom stereocenters. The Morgan fingerprint density at radius 3 is 2.79 bits per heavy atom. The van der Waals surface area contributed by atoms with Gasteiger partial charge in [-0.05, 0) is 47.8 Å². The Labute approximate surface area is 194 Å². The first-order valence-corrected chi connectivity index (χ1v) is 11.7. The van der Waals surface area contributed by atoms with Crippen molar-refractivity contribution in [3.63, 3.8) is 0 Å². The number of aromatic nitrogens is 6. The maximum absolute atomic E-state index is 4.63. The number of rotatable bonds is 6. The quantitative estimate of drug-likeness (QED) is 0.315. The molecule has 0 amide bonds. The normalized spacial score (nSPS) is 11.5. The van der Waals surface area contributed by atoms with Crippen molar-refractivity contribution >= 4 is 33.3 Å². The topological polar surface area (TPSA) is 95.2 Å².